The summed E-state index contributed by atoms with van der Waals surface area (Å²) >= 11 is 0. The molecule has 0 saturated carbocycles. The first kappa shape index (κ1) is 22.5. The summed E-state index contributed by atoms with van der Waals surface area (Å²) in [5.74, 6) is -0.760. The molecule has 4 heterocycles. The molecule has 0 spiro atoms. The highest BCUT2D eigenvalue weighted by Crippen LogP contribution is 2.39. The van der Waals surface area contributed by atoms with Gasteiger partial charge in [-0.15, -0.1) is 0 Å². The maximum absolute atomic E-state index is 14.0. The minimum absolute atomic E-state index is 0.0298. The molecule has 0 atom stereocenters. The largest absolute Gasteiger partial charge is 0.454 e. The van der Waals surface area contributed by atoms with Crippen LogP contribution in [0.2, 0.25) is 0 Å². The minimum Gasteiger partial charge on any atom is -0.454 e. The summed E-state index contributed by atoms with van der Waals surface area (Å²) in [6.45, 7) is 1.87. The Kier molecular flexibility index (Phi) is 5.22. The number of carbonyl (C=O) groups is 2. The Balaban J connectivity index is 1.56. The average molecular weight is 499 g/mol. The molecular weight excluding hydrogens is 479 g/mol. The van der Waals surface area contributed by atoms with E-state index >= 15 is 0 Å². The molecule has 2 aromatic heterocycles. The number of aromatic nitrogens is 3. The van der Waals surface area contributed by atoms with Crippen LogP contribution in [0.4, 0.5) is 10.1 Å². The van der Waals surface area contributed by atoms with Crippen molar-refractivity contribution in [2.45, 2.75) is 13.3 Å². The van der Waals surface area contributed by atoms with Crippen LogP contribution in [0.5, 0.6) is 11.5 Å². The van der Waals surface area contributed by atoms with Gasteiger partial charge in [0.15, 0.2) is 23.9 Å². The van der Waals surface area contributed by atoms with Crippen LogP contribution < -0.4 is 24.5 Å². The van der Waals surface area contributed by atoms with Crippen LogP contribution in [0.3, 0.4) is 0 Å². The van der Waals surface area contributed by atoms with Gasteiger partial charge in [0.05, 0.1) is 16.9 Å². The fourth-order valence-electron chi connectivity index (χ4n) is 4.56. The number of hydrogen-bond donors (Lipinski definition) is 1. The number of aromatic amines is 1. The number of ether oxygens (including phenoxy) is 2. The van der Waals surface area contributed by atoms with E-state index in [1.165, 1.54) is 33.5 Å². The molecule has 10 heteroatoms. The molecule has 0 unspecified atom stereocenters. The number of H-pyrrole nitrogens is 1. The topological polar surface area (TPSA) is 97.5 Å². The number of anilines is 1. The number of hydrogen-bond acceptors (Lipinski definition) is 5. The van der Waals surface area contributed by atoms with E-state index in [1.54, 1.807) is 48.8 Å². The standard InChI is InChI=1S/C27H19FN4O5/c1-2-19-22(26(34)32(29-19)17-8-6-16(28)7-9-17)23-24(30-12-4-3-5-13-30)27(35)31(25(23)33)18-10-11-20-21(14-18)37-15-36-20/h3-14H,2,15H2,1H3/p+1. The second-order valence-corrected chi connectivity index (χ2v) is 8.43. The number of halogens is 1. The zero-order chi connectivity index (χ0) is 25.7. The van der Waals surface area contributed by atoms with Crippen molar-refractivity contribution in [3.05, 3.63) is 100 Å². The Bertz CT molecular complexity index is 1650. The lowest BCUT2D eigenvalue weighted by molar-refractivity contribution is -0.576. The Morgan fingerprint density at radius 2 is 1.62 bits per heavy atom. The van der Waals surface area contributed by atoms with Gasteiger partial charge in [0.1, 0.15) is 11.4 Å². The first-order valence-electron chi connectivity index (χ1n) is 11.6. The third-order valence-corrected chi connectivity index (χ3v) is 6.30. The highest BCUT2D eigenvalue weighted by molar-refractivity contribution is 6.53. The smallest absolute Gasteiger partial charge is 0.331 e. The van der Waals surface area contributed by atoms with Crippen molar-refractivity contribution >= 4 is 28.8 Å². The quantitative estimate of drug-likeness (QED) is 0.337. The number of rotatable bonds is 5. The predicted octanol–water partition coefficient (Wildman–Crippen LogP) is 2.83. The molecule has 2 aromatic carbocycles. The molecule has 2 aliphatic rings. The molecular formula is C27H20FN4O5+. The highest BCUT2D eigenvalue weighted by Gasteiger charge is 2.48. The van der Waals surface area contributed by atoms with Crippen LogP contribution in [0, 0.1) is 5.82 Å². The van der Waals surface area contributed by atoms with E-state index in [2.05, 4.69) is 5.10 Å². The number of aryl methyl sites for hydroxylation is 1. The van der Waals surface area contributed by atoms with Gasteiger partial charge in [0, 0.05) is 23.9 Å². The molecule has 0 bridgehead atoms. The van der Waals surface area contributed by atoms with Crippen molar-refractivity contribution < 1.29 is 28.0 Å². The van der Waals surface area contributed by atoms with Crippen LogP contribution in [-0.2, 0) is 16.0 Å². The van der Waals surface area contributed by atoms with Crippen LogP contribution in [0.1, 0.15) is 18.2 Å². The number of fused-ring (bicyclic) bond motifs is 1. The average Bonchev–Trinajstić information content (AvgIpc) is 3.58. The number of nitrogens with one attached hydrogen (secondary N) is 1. The van der Waals surface area contributed by atoms with E-state index in [4.69, 9.17) is 9.47 Å². The fraction of sp³-hybridized carbons (Fsp3) is 0.111. The zero-order valence-corrected chi connectivity index (χ0v) is 19.6. The van der Waals surface area contributed by atoms with Crippen LogP contribution in [0.25, 0.3) is 17.0 Å². The summed E-state index contributed by atoms with van der Waals surface area (Å²) in [5.41, 5.74) is 0.716. The summed E-state index contributed by atoms with van der Waals surface area (Å²) in [4.78, 5) is 42.5. The van der Waals surface area contributed by atoms with Crippen molar-refractivity contribution in [3.63, 3.8) is 0 Å². The normalized spacial score (nSPS) is 14.7. The molecule has 0 aliphatic carbocycles. The molecule has 2 aliphatic heterocycles. The Hall–Kier alpha value is -4.99. The van der Waals surface area contributed by atoms with Gasteiger partial charge in [0.25, 0.3) is 17.2 Å². The number of carbonyl (C=O) groups excluding carboxylic acids is 2. The number of nitrogens with zero attached hydrogens (tertiary/aromatic N) is 3. The van der Waals surface area contributed by atoms with Gasteiger partial charge >= 0.3 is 5.91 Å². The summed E-state index contributed by atoms with van der Waals surface area (Å²) < 4.78 is 27.1. The summed E-state index contributed by atoms with van der Waals surface area (Å²) in [6.07, 6.45) is 3.65. The van der Waals surface area contributed by atoms with Gasteiger partial charge in [-0.05, 0) is 42.8 Å². The van der Waals surface area contributed by atoms with Gasteiger partial charge in [-0.25, -0.2) is 14.0 Å². The predicted molar refractivity (Wildman–Crippen MR) is 131 cm³/mol. The summed E-state index contributed by atoms with van der Waals surface area (Å²) in [6, 6.07) is 15.4. The maximum Gasteiger partial charge on any atom is 0.331 e. The lowest BCUT2D eigenvalue weighted by atomic mass is 10.0. The van der Waals surface area contributed by atoms with Gasteiger partial charge in [0.2, 0.25) is 6.79 Å². The molecule has 2 amide bonds. The van der Waals surface area contributed by atoms with E-state index in [-0.39, 0.29) is 29.3 Å². The molecule has 37 heavy (non-hydrogen) atoms. The van der Waals surface area contributed by atoms with Gasteiger partial charge in [-0.3, -0.25) is 19.5 Å². The molecule has 184 valence electrons. The van der Waals surface area contributed by atoms with Crippen molar-refractivity contribution in [3.8, 4) is 17.2 Å². The molecule has 0 saturated heterocycles. The second kappa shape index (κ2) is 8.59. The maximum atomic E-state index is 14.0. The Labute approximate surface area is 209 Å². The van der Waals surface area contributed by atoms with Gasteiger partial charge < -0.3 is 9.47 Å². The molecule has 6 rings (SSSR count). The van der Waals surface area contributed by atoms with Gasteiger partial charge in [-0.2, -0.15) is 4.57 Å². The fourth-order valence-corrected chi connectivity index (χ4v) is 4.56. The Morgan fingerprint density at radius 3 is 2.35 bits per heavy atom. The first-order chi connectivity index (χ1) is 18.0. The van der Waals surface area contributed by atoms with E-state index in [0.717, 1.165) is 4.90 Å². The molecule has 0 fully saturated rings. The third kappa shape index (κ3) is 3.53. The van der Waals surface area contributed by atoms with Crippen molar-refractivity contribution in [1.29, 1.82) is 0 Å². The van der Waals surface area contributed by atoms with Crippen LogP contribution in [-0.4, -0.2) is 28.4 Å². The number of imide groups is 1. The van der Waals surface area contributed by atoms with E-state index in [1.807, 2.05) is 6.92 Å². The first-order valence-corrected chi connectivity index (χ1v) is 11.6. The molecule has 0 radical (unpaired) electrons. The van der Waals surface area contributed by atoms with E-state index in [9.17, 15) is 18.8 Å². The second-order valence-electron chi connectivity index (χ2n) is 8.43. The Morgan fingerprint density at radius 1 is 0.919 bits per heavy atom. The molecule has 1 N–H and O–H groups in total. The summed E-state index contributed by atoms with van der Waals surface area (Å²) in [5, 5.41) is 3.03. The molecule has 9 nitrogen and oxygen atoms in total. The van der Waals surface area contributed by atoms with E-state index in [0.29, 0.717) is 29.3 Å². The lowest BCUT2D eigenvalue weighted by Crippen LogP contribution is -2.39. The molecule has 4 aromatic rings. The monoisotopic (exact) mass is 499 g/mol. The van der Waals surface area contributed by atoms with Crippen LogP contribution in [0.15, 0.2) is 77.9 Å². The van der Waals surface area contributed by atoms with Gasteiger partial charge in [-0.1, -0.05) is 13.0 Å². The SMILES string of the molecule is CCc1[nH]n(-c2ccc(F)cc2)c(=O)c1C1=C([n+]2ccccc2)C(=O)N(c2ccc3c(c2)OCO3)C1=O. The number of benzene rings is 2. The van der Waals surface area contributed by atoms with Crippen LogP contribution >= 0.6 is 0 Å². The van der Waals surface area contributed by atoms with Crippen molar-refractivity contribution in [1.82, 2.24) is 9.78 Å². The zero-order valence-electron chi connectivity index (χ0n) is 19.6. The van der Waals surface area contributed by atoms with E-state index < -0.39 is 23.2 Å². The summed E-state index contributed by atoms with van der Waals surface area (Å²) in [7, 11) is 0. The number of amides is 2. The van der Waals surface area contributed by atoms with Crippen molar-refractivity contribution in [2.75, 3.05) is 11.7 Å². The number of pyridine rings is 1. The highest BCUT2D eigenvalue weighted by atomic mass is 19.1. The lowest BCUT2D eigenvalue weighted by Gasteiger charge is -2.14. The van der Waals surface area contributed by atoms with Crippen molar-refractivity contribution in [2.24, 2.45) is 0 Å². The minimum atomic E-state index is -0.646. The third-order valence-electron chi connectivity index (χ3n) is 6.30.